The van der Waals surface area contributed by atoms with Crippen molar-refractivity contribution in [2.45, 2.75) is 85.4 Å². The molecule has 1 amide bonds. The van der Waals surface area contributed by atoms with Crippen molar-refractivity contribution >= 4 is 27.8 Å². The van der Waals surface area contributed by atoms with Crippen molar-refractivity contribution < 1.29 is 9.59 Å². The van der Waals surface area contributed by atoms with Gasteiger partial charge in [-0.15, -0.1) is 0 Å². The monoisotopic (exact) mass is 326 g/mol. The quantitative estimate of drug-likeness (QED) is 0.759. The second kappa shape index (κ2) is 7.16. The first-order valence-electron chi connectivity index (χ1n) is 8.20. The van der Waals surface area contributed by atoms with Crippen LogP contribution in [0.15, 0.2) is 4.99 Å². The smallest absolute Gasteiger partial charge is 0.222 e. The zero-order valence-electron chi connectivity index (χ0n) is 15.0. The number of carbonyl (C=O) groups excluding carboxylic acids is 2. The molecule has 4 nitrogen and oxygen atoms in total. The first kappa shape index (κ1) is 19.2. The summed E-state index contributed by atoms with van der Waals surface area (Å²) < 4.78 is 0. The zero-order chi connectivity index (χ0) is 17.1. The van der Waals surface area contributed by atoms with Gasteiger partial charge in [0, 0.05) is 12.8 Å². The molecule has 0 spiro atoms. The summed E-state index contributed by atoms with van der Waals surface area (Å²) in [5.41, 5.74) is -1.12. The Labute approximate surface area is 139 Å². The highest BCUT2D eigenvalue weighted by Gasteiger charge is 2.49. The van der Waals surface area contributed by atoms with E-state index >= 15 is 0 Å². The number of amides is 1. The largest absolute Gasteiger partial charge is 0.307 e. The van der Waals surface area contributed by atoms with Crippen LogP contribution in [0.2, 0.25) is 0 Å². The molecular formula is C17H30N2O2S. The van der Waals surface area contributed by atoms with Crippen molar-refractivity contribution in [3.8, 4) is 0 Å². The Hall–Kier alpha value is -0.840. The van der Waals surface area contributed by atoms with Gasteiger partial charge >= 0.3 is 0 Å². The van der Waals surface area contributed by atoms with E-state index in [-0.39, 0.29) is 16.9 Å². The maximum atomic E-state index is 12.6. The molecule has 0 saturated heterocycles. The highest BCUT2D eigenvalue weighted by atomic mass is 32.2. The van der Waals surface area contributed by atoms with Crippen LogP contribution >= 0.6 is 11.8 Å². The molecule has 1 heterocycles. The molecule has 0 bridgehead atoms. The molecule has 22 heavy (non-hydrogen) atoms. The number of unbranched alkanes of at least 4 members (excludes halogenated alkanes) is 1. The summed E-state index contributed by atoms with van der Waals surface area (Å²) in [6, 6.07) is 0. The van der Waals surface area contributed by atoms with Gasteiger partial charge in [0.1, 0.15) is 10.7 Å². The minimum atomic E-state index is -0.594. The molecule has 1 atom stereocenters. The molecule has 126 valence electrons. The lowest BCUT2D eigenvalue weighted by molar-refractivity contribution is -0.136. The number of aliphatic imine (C=N–C) groups is 1. The summed E-state index contributed by atoms with van der Waals surface area (Å²) in [6.07, 6.45) is 3.98. The van der Waals surface area contributed by atoms with Crippen LogP contribution in [0.4, 0.5) is 0 Å². The Morgan fingerprint density at radius 2 is 1.82 bits per heavy atom. The molecule has 0 fully saturated rings. The summed E-state index contributed by atoms with van der Waals surface area (Å²) >= 11 is 1.24. The van der Waals surface area contributed by atoms with Gasteiger partial charge in [-0.25, -0.2) is 0 Å². The number of rotatable bonds is 5. The third-order valence-electron chi connectivity index (χ3n) is 4.25. The van der Waals surface area contributed by atoms with Crippen molar-refractivity contribution in [1.82, 2.24) is 4.90 Å². The zero-order valence-corrected chi connectivity index (χ0v) is 15.8. The summed E-state index contributed by atoms with van der Waals surface area (Å²) in [4.78, 5) is 31.0. The fraction of sp³-hybridized carbons (Fsp3) is 0.824. The van der Waals surface area contributed by atoms with Crippen molar-refractivity contribution in [1.29, 1.82) is 0 Å². The Balaban J connectivity index is 2.93. The number of hydrogen-bond acceptors (Lipinski definition) is 4. The van der Waals surface area contributed by atoms with Crippen LogP contribution in [0.1, 0.15) is 74.1 Å². The predicted molar refractivity (Wildman–Crippen MR) is 94.0 cm³/mol. The van der Waals surface area contributed by atoms with E-state index in [1.165, 1.54) is 11.8 Å². The van der Waals surface area contributed by atoms with Crippen LogP contribution < -0.4 is 0 Å². The van der Waals surface area contributed by atoms with E-state index in [1.54, 1.807) is 11.8 Å². The van der Waals surface area contributed by atoms with Crippen LogP contribution in [0.3, 0.4) is 0 Å². The molecule has 1 unspecified atom stereocenters. The van der Waals surface area contributed by atoms with Crippen LogP contribution in [-0.4, -0.2) is 32.2 Å². The van der Waals surface area contributed by atoms with Crippen LogP contribution in [0.5, 0.6) is 0 Å². The number of thioether (sulfide) groups is 1. The van der Waals surface area contributed by atoms with Crippen molar-refractivity contribution in [3.63, 3.8) is 0 Å². The van der Waals surface area contributed by atoms with Crippen molar-refractivity contribution in [2.24, 2.45) is 10.9 Å². The highest BCUT2D eigenvalue weighted by Crippen LogP contribution is 2.40. The fourth-order valence-electron chi connectivity index (χ4n) is 3.26. The normalized spacial score (nSPS) is 20.7. The van der Waals surface area contributed by atoms with Gasteiger partial charge in [0.05, 0.1) is 5.54 Å². The predicted octanol–water partition coefficient (Wildman–Crippen LogP) is 4.24. The Morgan fingerprint density at radius 1 is 1.23 bits per heavy atom. The van der Waals surface area contributed by atoms with Crippen molar-refractivity contribution in [2.75, 3.05) is 0 Å². The minimum absolute atomic E-state index is 0.0141. The Morgan fingerprint density at radius 3 is 2.23 bits per heavy atom. The van der Waals surface area contributed by atoms with Gasteiger partial charge in [0.15, 0.2) is 5.12 Å². The number of hydrogen-bond donors (Lipinski definition) is 0. The van der Waals surface area contributed by atoms with Gasteiger partial charge in [-0.1, -0.05) is 26.7 Å². The summed E-state index contributed by atoms with van der Waals surface area (Å²) in [6.45, 7) is 13.5. The molecule has 0 aliphatic carbocycles. The van der Waals surface area contributed by atoms with Crippen molar-refractivity contribution in [3.05, 3.63) is 0 Å². The first-order valence-corrected chi connectivity index (χ1v) is 9.02. The van der Waals surface area contributed by atoms with Gasteiger partial charge in [-0.3, -0.25) is 14.6 Å². The summed E-state index contributed by atoms with van der Waals surface area (Å²) in [7, 11) is 0. The first-order chi connectivity index (χ1) is 10.1. The molecule has 1 aliphatic rings. The van der Waals surface area contributed by atoms with E-state index in [2.05, 4.69) is 18.8 Å². The van der Waals surface area contributed by atoms with Crippen LogP contribution in [0, 0.1) is 5.92 Å². The van der Waals surface area contributed by atoms with Crippen LogP contribution in [0.25, 0.3) is 0 Å². The van der Waals surface area contributed by atoms with E-state index in [1.807, 2.05) is 27.7 Å². The SMILES string of the molecule is CCCCC(CC)C(=O)SC1=NC(C)(C)N(C(C)=O)C1(C)C. The lowest BCUT2D eigenvalue weighted by atomic mass is 10.0. The maximum Gasteiger partial charge on any atom is 0.222 e. The second-order valence-electron chi connectivity index (χ2n) is 6.99. The Kier molecular flexibility index (Phi) is 6.25. The van der Waals surface area contributed by atoms with Crippen LogP contribution in [-0.2, 0) is 9.59 Å². The average molecular weight is 327 g/mol. The topological polar surface area (TPSA) is 49.7 Å². The maximum absolute atomic E-state index is 12.6. The standard InChI is InChI=1S/C17H30N2O2S/c1-8-10-11-13(9-2)14(21)22-15-16(4,5)19(12(3)20)17(6,7)18-15/h13H,8-11H2,1-7H3. The molecule has 0 radical (unpaired) electrons. The molecule has 0 aromatic carbocycles. The average Bonchev–Trinajstić information content (AvgIpc) is 2.54. The second-order valence-corrected chi connectivity index (χ2v) is 7.99. The van der Waals surface area contributed by atoms with Gasteiger partial charge in [-0.05, 0) is 52.3 Å². The summed E-state index contributed by atoms with van der Waals surface area (Å²) in [5.74, 6) is 0.0674. The van der Waals surface area contributed by atoms with Gasteiger partial charge < -0.3 is 4.90 Å². The third kappa shape index (κ3) is 3.92. The fourth-order valence-corrected chi connectivity index (χ4v) is 4.51. The molecule has 0 N–H and O–H groups in total. The molecule has 1 rings (SSSR count). The van der Waals surface area contributed by atoms with Gasteiger partial charge in [-0.2, -0.15) is 0 Å². The molecule has 0 saturated carbocycles. The van der Waals surface area contributed by atoms with E-state index < -0.39 is 11.2 Å². The van der Waals surface area contributed by atoms with Gasteiger partial charge in [0.25, 0.3) is 0 Å². The lowest BCUT2D eigenvalue weighted by Crippen LogP contribution is -2.54. The number of nitrogens with zero attached hydrogens (tertiary/aromatic N) is 2. The van der Waals surface area contributed by atoms with Gasteiger partial charge in [0.2, 0.25) is 5.91 Å². The minimum Gasteiger partial charge on any atom is -0.307 e. The molecular weight excluding hydrogens is 296 g/mol. The molecule has 5 heteroatoms. The highest BCUT2D eigenvalue weighted by molar-refractivity contribution is 8.26. The van der Waals surface area contributed by atoms with E-state index in [4.69, 9.17) is 0 Å². The molecule has 0 aromatic rings. The Bertz CT molecular complexity index is 469. The van der Waals surface area contributed by atoms with E-state index in [0.29, 0.717) is 0 Å². The molecule has 1 aliphatic heterocycles. The van der Waals surface area contributed by atoms with E-state index in [0.717, 1.165) is 30.7 Å². The van der Waals surface area contributed by atoms with E-state index in [9.17, 15) is 9.59 Å². The third-order valence-corrected chi connectivity index (χ3v) is 5.57. The number of carbonyl (C=O) groups is 2. The lowest BCUT2D eigenvalue weighted by Gasteiger charge is -2.38. The molecule has 0 aromatic heterocycles. The summed E-state index contributed by atoms with van der Waals surface area (Å²) in [5, 5.41) is 0.941.